The van der Waals surface area contributed by atoms with Crippen molar-refractivity contribution in [3.8, 4) is 0 Å². The van der Waals surface area contributed by atoms with Gasteiger partial charge < -0.3 is 14.7 Å². The first-order valence-corrected chi connectivity index (χ1v) is 12.8. The van der Waals surface area contributed by atoms with Gasteiger partial charge in [0, 0.05) is 51.8 Å². The lowest BCUT2D eigenvalue weighted by Crippen LogP contribution is -2.46. The van der Waals surface area contributed by atoms with Crippen LogP contribution in [0.4, 0.5) is 17.5 Å². The Morgan fingerprint density at radius 1 is 0.968 bits per heavy atom. The molecular weight excluding hydrogens is 414 g/mol. The van der Waals surface area contributed by atoms with Crippen LogP contribution in [0.1, 0.15) is 36.9 Å². The van der Waals surface area contributed by atoms with Crippen molar-refractivity contribution in [2.75, 3.05) is 47.6 Å². The van der Waals surface area contributed by atoms with Gasteiger partial charge >= 0.3 is 0 Å². The predicted octanol–water partition coefficient (Wildman–Crippen LogP) is 1.44. The highest BCUT2D eigenvalue weighted by Gasteiger charge is 2.37. The zero-order valence-electron chi connectivity index (χ0n) is 18.1. The molecule has 0 bridgehead atoms. The first-order chi connectivity index (χ1) is 14.9. The summed E-state index contributed by atoms with van der Waals surface area (Å²) < 4.78 is 24.0. The number of hydrogen-bond donors (Lipinski definition) is 0. The van der Waals surface area contributed by atoms with Gasteiger partial charge in [-0.05, 0) is 37.3 Å². The first kappa shape index (κ1) is 20.4. The van der Waals surface area contributed by atoms with Gasteiger partial charge in [0.15, 0.2) is 15.7 Å². The topological polar surface area (TPSA) is 95.4 Å². The van der Waals surface area contributed by atoms with Gasteiger partial charge in [0.2, 0.25) is 0 Å². The molecule has 31 heavy (non-hydrogen) atoms. The van der Waals surface area contributed by atoms with E-state index in [-0.39, 0.29) is 11.5 Å². The summed E-state index contributed by atoms with van der Waals surface area (Å²) in [5.74, 6) is 2.99. The van der Waals surface area contributed by atoms with E-state index in [0.29, 0.717) is 18.5 Å². The Bertz CT molecular complexity index is 1060. The second-order valence-corrected chi connectivity index (χ2v) is 11.2. The minimum Gasteiger partial charge on any atom is -0.363 e. The molecule has 166 valence electrons. The average molecular weight is 444 g/mol. The van der Waals surface area contributed by atoms with Crippen LogP contribution in [0, 0.1) is 0 Å². The maximum Gasteiger partial charge on any atom is 0.154 e. The van der Waals surface area contributed by atoms with Crippen LogP contribution in [0.25, 0.3) is 0 Å². The Labute approximate surface area is 183 Å². The summed E-state index contributed by atoms with van der Waals surface area (Å²) in [6, 6.07) is 5.01. The molecule has 2 aromatic rings. The summed E-state index contributed by atoms with van der Waals surface area (Å²) in [6.45, 7) is 1.75. The number of piperidine rings is 1. The third-order valence-corrected chi connectivity index (χ3v) is 8.03. The maximum atomic E-state index is 12.0. The van der Waals surface area contributed by atoms with E-state index in [4.69, 9.17) is 0 Å². The van der Waals surface area contributed by atoms with Crippen molar-refractivity contribution in [2.45, 2.75) is 49.9 Å². The molecule has 2 aliphatic heterocycles. The minimum absolute atomic E-state index is 0.0820. The predicted molar refractivity (Wildman–Crippen MR) is 120 cm³/mol. The van der Waals surface area contributed by atoms with Crippen LogP contribution in [0.15, 0.2) is 18.5 Å². The Balaban J connectivity index is 1.30. The van der Waals surface area contributed by atoms with Gasteiger partial charge in [-0.1, -0.05) is 0 Å². The van der Waals surface area contributed by atoms with Crippen LogP contribution in [-0.4, -0.2) is 73.6 Å². The molecule has 1 aliphatic carbocycles. The number of nitrogens with zero attached hydrogens (tertiary/aromatic N) is 7. The number of fused-ring (bicyclic) bond motifs is 1. The Morgan fingerprint density at radius 2 is 1.68 bits per heavy atom. The second-order valence-electron chi connectivity index (χ2n) is 9.00. The van der Waals surface area contributed by atoms with E-state index in [0.717, 1.165) is 54.6 Å². The molecule has 9 nitrogen and oxygen atoms in total. The monoisotopic (exact) mass is 443 g/mol. The smallest absolute Gasteiger partial charge is 0.154 e. The standard InChI is InChI=1S/C21H29N7O2S/c1-26(2)19-12-20(23-14-22-19)28(16-3-4-16)17-5-8-27(9-6-17)21-11-15-13-31(29,30)10-7-18(15)24-25-21/h11-12,14,16-17H,3-10,13H2,1-2H3. The Morgan fingerprint density at radius 3 is 2.39 bits per heavy atom. The van der Waals surface area contributed by atoms with Crippen LogP contribution in [0.2, 0.25) is 0 Å². The number of hydrogen-bond acceptors (Lipinski definition) is 9. The van der Waals surface area contributed by atoms with Gasteiger partial charge in [0.25, 0.3) is 0 Å². The van der Waals surface area contributed by atoms with Crippen molar-refractivity contribution in [3.05, 3.63) is 29.7 Å². The molecule has 2 fully saturated rings. The molecule has 4 heterocycles. The van der Waals surface area contributed by atoms with Crippen molar-refractivity contribution < 1.29 is 8.42 Å². The van der Waals surface area contributed by atoms with Crippen molar-refractivity contribution >= 4 is 27.3 Å². The van der Waals surface area contributed by atoms with Gasteiger partial charge in [-0.3, -0.25) is 0 Å². The van der Waals surface area contributed by atoms with Crippen LogP contribution in [0.5, 0.6) is 0 Å². The fourth-order valence-electron chi connectivity index (χ4n) is 4.62. The highest BCUT2D eigenvalue weighted by atomic mass is 32.2. The second kappa shape index (κ2) is 7.89. The molecule has 1 saturated carbocycles. The molecule has 10 heteroatoms. The third kappa shape index (κ3) is 4.30. The van der Waals surface area contributed by atoms with Crippen LogP contribution in [0.3, 0.4) is 0 Å². The Hall–Kier alpha value is -2.49. The number of sulfone groups is 1. The SMILES string of the molecule is CN(C)c1cc(N(C2CC2)C2CCN(c3cc4c(nn3)CCS(=O)(=O)C4)CC2)ncn1. The normalized spacial score (nSPS) is 20.9. The molecule has 0 radical (unpaired) electrons. The third-order valence-electron chi connectivity index (χ3n) is 6.46. The minimum atomic E-state index is -3.02. The highest BCUT2D eigenvalue weighted by molar-refractivity contribution is 7.90. The zero-order chi connectivity index (χ0) is 21.6. The highest BCUT2D eigenvalue weighted by Crippen LogP contribution is 2.36. The molecule has 0 spiro atoms. The molecule has 0 amide bonds. The Kier molecular flexibility index (Phi) is 5.19. The molecule has 0 unspecified atom stereocenters. The summed E-state index contributed by atoms with van der Waals surface area (Å²) in [6.07, 6.45) is 6.57. The first-order valence-electron chi connectivity index (χ1n) is 11.0. The van der Waals surface area contributed by atoms with E-state index >= 15 is 0 Å². The summed E-state index contributed by atoms with van der Waals surface area (Å²) in [7, 11) is 0.979. The summed E-state index contributed by atoms with van der Waals surface area (Å²) in [5, 5.41) is 8.75. The molecule has 0 atom stereocenters. The van der Waals surface area contributed by atoms with Crippen LogP contribution in [-0.2, 0) is 22.0 Å². The van der Waals surface area contributed by atoms with E-state index < -0.39 is 9.84 Å². The molecule has 1 saturated heterocycles. The van der Waals surface area contributed by atoms with E-state index in [1.165, 1.54) is 12.8 Å². The van der Waals surface area contributed by atoms with Crippen molar-refractivity contribution in [1.82, 2.24) is 20.2 Å². The number of aryl methyl sites for hydroxylation is 1. The lowest BCUT2D eigenvalue weighted by Gasteiger charge is -2.40. The van der Waals surface area contributed by atoms with Crippen molar-refractivity contribution in [1.29, 1.82) is 0 Å². The van der Waals surface area contributed by atoms with Gasteiger partial charge in [0.05, 0.1) is 17.2 Å². The largest absolute Gasteiger partial charge is 0.363 e. The van der Waals surface area contributed by atoms with Crippen molar-refractivity contribution in [2.24, 2.45) is 0 Å². The van der Waals surface area contributed by atoms with E-state index in [9.17, 15) is 8.42 Å². The number of rotatable bonds is 5. The number of anilines is 3. The van der Waals surface area contributed by atoms with Crippen LogP contribution >= 0.6 is 0 Å². The van der Waals surface area contributed by atoms with Gasteiger partial charge in [0.1, 0.15) is 18.0 Å². The fourth-order valence-corrected chi connectivity index (χ4v) is 5.99. The lowest BCUT2D eigenvalue weighted by atomic mass is 10.0. The van der Waals surface area contributed by atoms with Crippen molar-refractivity contribution in [3.63, 3.8) is 0 Å². The van der Waals surface area contributed by atoms with E-state index in [1.54, 1.807) is 6.33 Å². The quantitative estimate of drug-likeness (QED) is 0.680. The van der Waals surface area contributed by atoms with Gasteiger partial charge in [-0.2, -0.15) is 5.10 Å². The summed E-state index contributed by atoms with van der Waals surface area (Å²) >= 11 is 0. The molecule has 0 N–H and O–H groups in total. The maximum absolute atomic E-state index is 12.0. The molecule has 5 rings (SSSR count). The van der Waals surface area contributed by atoms with E-state index in [2.05, 4.69) is 36.0 Å². The molecule has 3 aliphatic rings. The van der Waals surface area contributed by atoms with E-state index in [1.807, 2.05) is 25.1 Å². The fraction of sp³-hybridized carbons (Fsp3) is 0.619. The number of aromatic nitrogens is 4. The van der Waals surface area contributed by atoms with Gasteiger partial charge in [-0.15, -0.1) is 5.10 Å². The summed E-state index contributed by atoms with van der Waals surface area (Å²) in [5.41, 5.74) is 1.64. The van der Waals surface area contributed by atoms with Gasteiger partial charge in [-0.25, -0.2) is 18.4 Å². The molecular formula is C21H29N7O2S. The molecule has 0 aromatic carbocycles. The van der Waals surface area contributed by atoms with Crippen LogP contribution < -0.4 is 14.7 Å². The average Bonchev–Trinajstić information content (AvgIpc) is 3.58. The zero-order valence-corrected chi connectivity index (χ0v) is 18.9. The summed E-state index contributed by atoms with van der Waals surface area (Å²) in [4.78, 5) is 15.7. The molecule has 2 aromatic heterocycles. The lowest BCUT2D eigenvalue weighted by molar-refractivity contribution is 0.456.